The third kappa shape index (κ3) is 5.10. The Morgan fingerprint density at radius 2 is 1.81 bits per heavy atom. The predicted molar refractivity (Wildman–Crippen MR) is 80.4 cm³/mol. The summed E-state index contributed by atoms with van der Waals surface area (Å²) in [4.78, 5) is 11.6. The van der Waals surface area contributed by atoms with E-state index in [9.17, 15) is 9.18 Å². The highest BCUT2D eigenvalue weighted by Crippen LogP contribution is 2.14. The van der Waals surface area contributed by atoms with E-state index < -0.39 is 5.82 Å². The van der Waals surface area contributed by atoms with Gasteiger partial charge < -0.3 is 10.1 Å². The van der Waals surface area contributed by atoms with E-state index in [2.05, 4.69) is 5.32 Å². The van der Waals surface area contributed by atoms with Crippen LogP contribution in [0.15, 0.2) is 60.7 Å². The minimum atomic E-state index is -0.409. The zero-order valence-electron chi connectivity index (χ0n) is 11.5. The molecular weight excluding hydrogens is 269 g/mol. The van der Waals surface area contributed by atoms with Crippen molar-refractivity contribution < 1.29 is 13.9 Å². The Kier molecular flexibility index (Phi) is 5.52. The lowest BCUT2D eigenvalue weighted by molar-refractivity contribution is -0.116. The maximum absolute atomic E-state index is 13.3. The van der Waals surface area contributed by atoms with Gasteiger partial charge >= 0.3 is 0 Å². The minimum absolute atomic E-state index is 0.187. The number of nitrogens with one attached hydrogen (secondary N) is 1. The second kappa shape index (κ2) is 7.85. The normalized spacial score (nSPS) is 10.5. The van der Waals surface area contributed by atoms with E-state index in [-0.39, 0.29) is 18.3 Å². The quantitative estimate of drug-likeness (QED) is 0.654. The molecule has 0 atom stereocenters. The summed E-state index contributed by atoms with van der Waals surface area (Å²) in [6, 6.07) is 15.7. The Morgan fingerprint density at radius 1 is 1.10 bits per heavy atom. The lowest BCUT2D eigenvalue weighted by Gasteiger charge is -2.07. The molecule has 0 saturated carbocycles. The first-order chi connectivity index (χ1) is 10.3. The van der Waals surface area contributed by atoms with E-state index in [1.807, 2.05) is 30.3 Å². The van der Waals surface area contributed by atoms with E-state index in [1.54, 1.807) is 24.3 Å². The Morgan fingerprint density at radius 3 is 2.57 bits per heavy atom. The van der Waals surface area contributed by atoms with Gasteiger partial charge in [0.15, 0.2) is 11.6 Å². The van der Waals surface area contributed by atoms with E-state index >= 15 is 0 Å². The largest absolute Gasteiger partial charge is 0.489 e. The number of hydrogen-bond acceptors (Lipinski definition) is 2. The highest BCUT2D eigenvalue weighted by molar-refractivity contribution is 5.91. The summed E-state index contributed by atoms with van der Waals surface area (Å²) in [5, 5.41) is 2.67. The highest BCUT2D eigenvalue weighted by Gasteiger charge is 2.01. The number of carbonyl (C=O) groups excluding carboxylic acids is 1. The van der Waals surface area contributed by atoms with Crippen molar-refractivity contribution in [3.05, 3.63) is 72.1 Å². The van der Waals surface area contributed by atoms with Crippen molar-refractivity contribution in [2.75, 3.05) is 13.2 Å². The van der Waals surface area contributed by atoms with Gasteiger partial charge in [-0.3, -0.25) is 4.79 Å². The number of rotatable bonds is 6. The Hall–Kier alpha value is -2.62. The average molecular weight is 285 g/mol. The van der Waals surface area contributed by atoms with Crippen molar-refractivity contribution in [3.63, 3.8) is 0 Å². The molecule has 1 N–H and O–H groups in total. The number of halogens is 1. The molecule has 0 heterocycles. The molecule has 4 heteroatoms. The first-order valence-corrected chi connectivity index (χ1v) is 6.64. The third-order valence-electron chi connectivity index (χ3n) is 2.72. The molecular formula is C17H16FNO2. The van der Waals surface area contributed by atoms with Crippen molar-refractivity contribution in [2.45, 2.75) is 0 Å². The molecule has 0 aliphatic carbocycles. The number of benzene rings is 2. The van der Waals surface area contributed by atoms with Crippen molar-refractivity contribution in [1.82, 2.24) is 5.32 Å². The number of carbonyl (C=O) groups is 1. The van der Waals surface area contributed by atoms with Crippen LogP contribution in [0.2, 0.25) is 0 Å². The summed E-state index contributed by atoms with van der Waals surface area (Å²) in [6.45, 7) is 0.526. The van der Waals surface area contributed by atoms with Crippen LogP contribution in [0.1, 0.15) is 5.56 Å². The highest BCUT2D eigenvalue weighted by atomic mass is 19.1. The third-order valence-corrected chi connectivity index (χ3v) is 2.72. The van der Waals surface area contributed by atoms with Crippen molar-refractivity contribution in [2.24, 2.45) is 0 Å². The zero-order chi connectivity index (χ0) is 14.9. The van der Waals surface area contributed by atoms with Crippen LogP contribution >= 0.6 is 0 Å². The smallest absolute Gasteiger partial charge is 0.244 e. The van der Waals surface area contributed by atoms with Gasteiger partial charge in [-0.25, -0.2) is 4.39 Å². The van der Waals surface area contributed by atoms with Crippen LogP contribution in [0.25, 0.3) is 6.08 Å². The van der Waals surface area contributed by atoms with Crippen LogP contribution < -0.4 is 10.1 Å². The summed E-state index contributed by atoms with van der Waals surface area (Å²) < 4.78 is 18.5. The van der Waals surface area contributed by atoms with E-state index in [1.165, 1.54) is 12.1 Å². The first kappa shape index (κ1) is 14.8. The first-order valence-electron chi connectivity index (χ1n) is 6.64. The summed E-state index contributed by atoms with van der Waals surface area (Å²) in [6.07, 6.45) is 3.19. The molecule has 0 spiro atoms. The van der Waals surface area contributed by atoms with Crippen molar-refractivity contribution >= 4 is 12.0 Å². The number of ether oxygens (including phenoxy) is 1. The van der Waals surface area contributed by atoms with Crippen LogP contribution in [0, 0.1) is 5.82 Å². The molecule has 0 aliphatic rings. The van der Waals surface area contributed by atoms with Crippen LogP contribution in [0.4, 0.5) is 4.39 Å². The predicted octanol–water partition coefficient (Wildman–Crippen LogP) is 3.03. The summed E-state index contributed by atoms with van der Waals surface area (Å²) in [5.41, 5.74) is 0.954. The summed E-state index contributed by atoms with van der Waals surface area (Å²) >= 11 is 0. The molecule has 108 valence electrons. The van der Waals surface area contributed by atoms with Gasteiger partial charge in [0.25, 0.3) is 0 Å². The number of amides is 1. The van der Waals surface area contributed by atoms with Gasteiger partial charge in [0.1, 0.15) is 6.61 Å². The molecule has 2 aromatic rings. The second-order valence-corrected chi connectivity index (χ2v) is 4.31. The molecule has 0 radical (unpaired) electrons. The van der Waals surface area contributed by atoms with Crippen molar-refractivity contribution in [1.29, 1.82) is 0 Å². The Balaban J connectivity index is 1.70. The zero-order valence-corrected chi connectivity index (χ0v) is 11.5. The van der Waals surface area contributed by atoms with Crippen LogP contribution in [0.5, 0.6) is 5.75 Å². The molecule has 21 heavy (non-hydrogen) atoms. The van der Waals surface area contributed by atoms with Crippen LogP contribution in [-0.4, -0.2) is 19.1 Å². The van der Waals surface area contributed by atoms with Crippen LogP contribution in [0.3, 0.4) is 0 Å². The Bertz CT molecular complexity index is 611. The molecule has 0 unspecified atom stereocenters. The molecule has 0 fully saturated rings. The van der Waals surface area contributed by atoms with Gasteiger partial charge in [-0.05, 0) is 23.8 Å². The van der Waals surface area contributed by atoms with E-state index in [0.717, 1.165) is 5.56 Å². The number of hydrogen-bond donors (Lipinski definition) is 1. The fourth-order valence-corrected chi connectivity index (χ4v) is 1.69. The minimum Gasteiger partial charge on any atom is -0.489 e. The maximum Gasteiger partial charge on any atom is 0.244 e. The van der Waals surface area contributed by atoms with Gasteiger partial charge in [0, 0.05) is 6.08 Å². The maximum atomic E-state index is 13.3. The molecule has 2 aromatic carbocycles. The lowest BCUT2D eigenvalue weighted by atomic mass is 10.2. The molecule has 2 rings (SSSR count). The van der Waals surface area contributed by atoms with Crippen LogP contribution in [-0.2, 0) is 4.79 Å². The molecule has 3 nitrogen and oxygen atoms in total. The molecule has 1 amide bonds. The number of para-hydroxylation sites is 1. The fraction of sp³-hybridized carbons (Fsp3) is 0.118. The summed E-state index contributed by atoms with van der Waals surface area (Å²) in [5.74, 6) is -0.435. The van der Waals surface area contributed by atoms with Gasteiger partial charge in [0.05, 0.1) is 6.54 Å². The lowest BCUT2D eigenvalue weighted by Crippen LogP contribution is -2.26. The molecule has 0 bridgehead atoms. The molecule has 0 saturated heterocycles. The fourth-order valence-electron chi connectivity index (χ4n) is 1.69. The van der Waals surface area contributed by atoms with Gasteiger partial charge in [-0.15, -0.1) is 0 Å². The van der Waals surface area contributed by atoms with Gasteiger partial charge in [0.2, 0.25) is 5.91 Å². The standard InChI is InChI=1S/C17H16FNO2/c18-15-8-4-5-9-16(15)21-13-12-19-17(20)11-10-14-6-2-1-3-7-14/h1-11H,12-13H2,(H,19,20). The monoisotopic (exact) mass is 285 g/mol. The molecule has 0 aromatic heterocycles. The topological polar surface area (TPSA) is 38.3 Å². The van der Waals surface area contributed by atoms with E-state index in [4.69, 9.17) is 4.74 Å². The van der Waals surface area contributed by atoms with Gasteiger partial charge in [-0.1, -0.05) is 42.5 Å². The molecule has 0 aliphatic heterocycles. The second-order valence-electron chi connectivity index (χ2n) is 4.31. The van der Waals surface area contributed by atoms with Crippen molar-refractivity contribution in [3.8, 4) is 5.75 Å². The van der Waals surface area contributed by atoms with Gasteiger partial charge in [-0.2, -0.15) is 0 Å². The average Bonchev–Trinajstić information content (AvgIpc) is 2.52. The van der Waals surface area contributed by atoms with E-state index in [0.29, 0.717) is 6.54 Å². The SMILES string of the molecule is O=C(C=Cc1ccccc1)NCCOc1ccccc1F. The summed E-state index contributed by atoms with van der Waals surface area (Å²) in [7, 11) is 0. The Labute approximate surface area is 123 Å².